The fraction of sp³-hybridized carbons (Fsp3) is 0.538. The van der Waals surface area contributed by atoms with E-state index in [-0.39, 0.29) is 5.56 Å². The van der Waals surface area contributed by atoms with Gasteiger partial charge in [-0.3, -0.25) is 0 Å². The second-order valence-corrected chi connectivity index (χ2v) is 3.98. The summed E-state index contributed by atoms with van der Waals surface area (Å²) in [5.74, 6) is -2.27. The minimum absolute atomic E-state index is 0.162. The molecule has 0 radical (unpaired) electrons. The summed E-state index contributed by atoms with van der Waals surface area (Å²) in [6.45, 7) is 1.86. The van der Waals surface area contributed by atoms with E-state index in [1.807, 2.05) is 6.92 Å². The molecule has 3 nitrogen and oxygen atoms in total. The number of benzene rings is 1. The summed E-state index contributed by atoms with van der Waals surface area (Å²) < 4.78 is 37.4. The lowest BCUT2D eigenvalue weighted by atomic mass is 10.1. The third-order valence-electron chi connectivity index (χ3n) is 2.60. The van der Waals surface area contributed by atoms with E-state index in [9.17, 15) is 8.78 Å². The van der Waals surface area contributed by atoms with E-state index in [0.717, 1.165) is 12.8 Å². The molecule has 1 aromatic rings. The molecule has 0 unspecified atom stereocenters. The lowest BCUT2D eigenvalue weighted by Gasteiger charge is -2.17. The van der Waals surface area contributed by atoms with Gasteiger partial charge in [0.05, 0.1) is 20.3 Å². The third kappa shape index (κ3) is 3.57. The van der Waals surface area contributed by atoms with Crippen LogP contribution >= 0.6 is 0 Å². The molecule has 0 atom stereocenters. The normalized spacial score (nSPS) is 11.4. The molecule has 102 valence electrons. The Morgan fingerprint density at radius 3 is 2.56 bits per heavy atom. The van der Waals surface area contributed by atoms with Gasteiger partial charge in [0.25, 0.3) is 5.92 Å². The Hall–Kier alpha value is -1.36. The molecule has 2 N–H and O–H groups in total. The first-order valence-corrected chi connectivity index (χ1v) is 5.94. The molecule has 0 amide bonds. The molecule has 0 aromatic heterocycles. The predicted molar refractivity (Wildman–Crippen MR) is 66.3 cm³/mol. The van der Waals surface area contributed by atoms with Gasteiger partial charge in [-0.2, -0.15) is 8.78 Å². The average Bonchev–Trinajstić information content (AvgIpc) is 2.39. The number of nitrogens with two attached hydrogens (primary N) is 1. The summed E-state index contributed by atoms with van der Waals surface area (Å²) in [7, 11) is 1.42. The van der Waals surface area contributed by atoms with Crippen molar-refractivity contribution in [3.8, 4) is 11.5 Å². The maximum absolute atomic E-state index is 13.4. The van der Waals surface area contributed by atoms with Crippen molar-refractivity contribution < 1.29 is 18.3 Å². The molecule has 0 aliphatic carbocycles. The highest BCUT2D eigenvalue weighted by Gasteiger charge is 2.30. The van der Waals surface area contributed by atoms with Crippen LogP contribution in [-0.2, 0) is 5.92 Å². The second kappa shape index (κ2) is 6.54. The fourth-order valence-electron chi connectivity index (χ4n) is 1.46. The third-order valence-corrected chi connectivity index (χ3v) is 2.60. The topological polar surface area (TPSA) is 44.5 Å². The molecule has 0 fully saturated rings. The lowest BCUT2D eigenvalue weighted by molar-refractivity contribution is 0.00569. The Bertz CT molecular complexity index is 383. The molecule has 0 saturated carbocycles. The minimum atomic E-state index is -3.05. The summed E-state index contributed by atoms with van der Waals surface area (Å²) in [4.78, 5) is 0. The van der Waals surface area contributed by atoms with Gasteiger partial charge in [0.1, 0.15) is 0 Å². The van der Waals surface area contributed by atoms with Crippen LogP contribution in [-0.4, -0.2) is 20.3 Å². The fourth-order valence-corrected chi connectivity index (χ4v) is 1.46. The zero-order valence-corrected chi connectivity index (χ0v) is 10.7. The van der Waals surface area contributed by atoms with Gasteiger partial charge in [0, 0.05) is 5.56 Å². The molecule has 1 rings (SSSR count). The van der Waals surface area contributed by atoms with Crippen molar-refractivity contribution >= 4 is 0 Å². The van der Waals surface area contributed by atoms with E-state index < -0.39 is 12.5 Å². The highest BCUT2D eigenvalue weighted by molar-refractivity contribution is 5.44. The minimum Gasteiger partial charge on any atom is -0.493 e. The molecule has 0 aliphatic heterocycles. The Morgan fingerprint density at radius 2 is 2.00 bits per heavy atom. The van der Waals surface area contributed by atoms with Crippen molar-refractivity contribution in [3.63, 3.8) is 0 Å². The van der Waals surface area contributed by atoms with Crippen LogP contribution in [0.3, 0.4) is 0 Å². The van der Waals surface area contributed by atoms with E-state index in [0.29, 0.717) is 18.1 Å². The van der Waals surface area contributed by atoms with E-state index in [1.165, 1.54) is 25.3 Å². The molecular weight excluding hydrogens is 240 g/mol. The van der Waals surface area contributed by atoms with Gasteiger partial charge in [0.15, 0.2) is 11.5 Å². The molecule has 1 aromatic carbocycles. The molecule has 0 aliphatic rings. The van der Waals surface area contributed by atoms with E-state index in [1.54, 1.807) is 0 Å². The lowest BCUT2D eigenvalue weighted by Crippen LogP contribution is -2.25. The van der Waals surface area contributed by atoms with Crippen LogP contribution in [0.4, 0.5) is 8.78 Å². The van der Waals surface area contributed by atoms with Crippen LogP contribution in [0.2, 0.25) is 0 Å². The van der Waals surface area contributed by atoms with Crippen LogP contribution in [0.5, 0.6) is 11.5 Å². The van der Waals surface area contributed by atoms with Gasteiger partial charge in [-0.05, 0) is 24.6 Å². The molecule has 5 heteroatoms. The second-order valence-electron chi connectivity index (χ2n) is 3.98. The van der Waals surface area contributed by atoms with Gasteiger partial charge >= 0.3 is 0 Å². The van der Waals surface area contributed by atoms with Gasteiger partial charge in [-0.25, -0.2) is 0 Å². The number of methoxy groups -OCH3 is 1. The number of ether oxygens (including phenoxy) is 2. The summed E-state index contributed by atoms with van der Waals surface area (Å²) in [6, 6.07) is 4.08. The Balaban J connectivity index is 2.89. The predicted octanol–water partition coefficient (Wildman–Crippen LogP) is 2.92. The molecule has 18 heavy (non-hydrogen) atoms. The van der Waals surface area contributed by atoms with E-state index >= 15 is 0 Å². The van der Waals surface area contributed by atoms with Crippen molar-refractivity contribution in [1.82, 2.24) is 0 Å². The zero-order chi connectivity index (χ0) is 13.6. The standard InChI is InChI=1S/C13H19F2NO2/c1-3-4-7-18-11-6-5-10(8-12(11)17-2)13(14,15)9-16/h5-6,8H,3-4,7,9,16H2,1-2H3. The molecule has 0 heterocycles. The van der Waals surface area contributed by atoms with E-state index in [4.69, 9.17) is 15.2 Å². The molecule has 0 saturated heterocycles. The van der Waals surface area contributed by atoms with Crippen LogP contribution < -0.4 is 15.2 Å². The van der Waals surface area contributed by atoms with Gasteiger partial charge in [0.2, 0.25) is 0 Å². The highest BCUT2D eigenvalue weighted by atomic mass is 19.3. The number of hydrogen-bond acceptors (Lipinski definition) is 3. The number of halogens is 2. The van der Waals surface area contributed by atoms with Crippen LogP contribution in [0.15, 0.2) is 18.2 Å². The maximum Gasteiger partial charge on any atom is 0.285 e. The first kappa shape index (κ1) is 14.7. The van der Waals surface area contributed by atoms with Crippen molar-refractivity contribution in [3.05, 3.63) is 23.8 Å². The first-order chi connectivity index (χ1) is 8.55. The maximum atomic E-state index is 13.4. The summed E-state index contributed by atoms with van der Waals surface area (Å²) in [6.07, 6.45) is 1.91. The molecule has 0 bridgehead atoms. The average molecular weight is 259 g/mol. The number of alkyl halides is 2. The van der Waals surface area contributed by atoms with E-state index in [2.05, 4.69) is 0 Å². The zero-order valence-electron chi connectivity index (χ0n) is 10.7. The van der Waals surface area contributed by atoms with Crippen molar-refractivity contribution in [2.75, 3.05) is 20.3 Å². The van der Waals surface area contributed by atoms with Crippen molar-refractivity contribution in [1.29, 1.82) is 0 Å². The molecular formula is C13H19F2NO2. The monoisotopic (exact) mass is 259 g/mol. The Labute approximate surface area is 106 Å². The SMILES string of the molecule is CCCCOc1ccc(C(F)(F)CN)cc1OC. The van der Waals surface area contributed by atoms with Gasteiger partial charge in [-0.1, -0.05) is 13.3 Å². The molecule has 0 spiro atoms. The van der Waals surface area contributed by atoms with Crippen molar-refractivity contribution in [2.24, 2.45) is 5.73 Å². The van der Waals surface area contributed by atoms with Crippen LogP contribution in [0.1, 0.15) is 25.3 Å². The summed E-state index contributed by atoms with van der Waals surface area (Å²) in [5.41, 5.74) is 4.88. The van der Waals surface area contributed by atoms with Crippen LogP contribution in [0, 0.1) is 0 Å². The van der Waals surface area contributed by atoms with Crippen molar-refractivity contribution in [2.45, 2.75) is 25.7 Å². The highest BCUT2D eigenvalue weighted by Crippen LogP contribution is 2.34. The summed E-state index contributed by atoms with van der Waals surface area (Å²) >= 11 is 0. The van der Waals surface area contributed by atoms with Gasteiger partial charge < -0.3 is 15.2 Å². The largest absolute Gasteiger partial charge is 0.493 e. The van der Waals surface area contributed by atoms with Crippen LogP contribution in [0.25, 0.3) is 0 Å². The number of rotatable bonds is 7. The first-order valence-electron chi connectivity index (χ1n) is 5.94. The number of unbranched alkanes of at least 4 members (excludes halogenated alkanes) is 1. The Kier molecular flexibility index (Phi) is 5.34. The smallest absolute Gasteiger partial charge is 0.285 e. The number of hydrogen-bond donors (Lipinski definition) is 1. The quantitative estimate of drug-likeness (QED) is 0.766. The summed E-state index contributed by atoms with van der Waals surface area (Å²) in [5, 5.41) is 0. The Morgan fingerprint density at radius 1 is 1.28 bits per heavy atom. The van der Waals surface area contributed by atoms with Gasteiger partial charge in [-0.15, -0.1) is 0 Å².